The summed E-state index contributed by atoms with van der Waals surface area (Å²) in [5.74, 6) is 0.429. The molecule has 0 amide bonds. The predicted octanol–water partition coefficient (Wildman–Crippen LogP) is 1.46. The molecule has 4 heteroatoms. The van der Waals surface area contributed by atoms with Gasteiger partial charge >= 0.3 is 0 Å². The molecule has 0 saturated heterocycles. The van der Waals surface area contributed by atoms with Crippen molar-refractivity contribution >= 4 is 5.84 Å². The highest BCUT2D eigenvalue weighted by Gasteiger charge is 2.12. The van der Waals surface area contributed by atoms with E-state index in [0.29, 0.717) is 11.4 Å². The lowest BCUT2D eigenvalue weighted by atomic mass is 10.1. The van der Waals surface area contributed by atoms with Crippen molar-refractivity contribution in [3.63, 3.8) is 0 Å². The highest BCUT2D eigenvalue weighted by Crippen LogP contribution is 2.19. The third-order valence-corrected chi connectivity index (χ3v) is 1.74. The molecule has 1 aromatic rings. The first-order valence-electron chi connectivity index (χ1n) is 4.49. The highest BCUT2D eigenvalue weighted by molar-refractivity contribution is 5.98. The van der Waals surface area contributed by atoms with E-state index in [9.17, 15) is 0 Å². The summed E-state index contributed by atoms with van der Waals surface area (Å²) in [6.45, 7) is 5.70. The molecule has 76 valence electrons. The average molecular weight is 193 g/mol. The molecule has 3 N–H and O–H groups in total. The molecule has 0 atom stereocenters. The van der Waals surface area contributed by atoms with E-state index in [2.05, 4.69) is 4.98 Å². The molecule has 1 aromatic heterocycles. The van der Waals surface area contributed by atoms with Gasteiger partial charge in [-0.15, -0.1) is 0 Å². The molecular formula is C10H15N3O. The van der Waals surface area contributed by atoms with Crippen LogP contribution in [0.15, 0.2) is 12.3 Å². The molecular weight excluding hydrogens is 178 g/mol. The van der Waals surface area contributed by atoms with Gasteiger partial charge in [0.05, 0.1) is 11.7 Å². The van der Waals surface area contributed by atoms with Crippen LogP contribution in [0.2, 0.25) is 0 Å². The Morgan fingerprint density at radius 1 is 1.57 bits per heavy atom. The molecule has 0 radical (unpaired) electrons. The highest BCUT2D eigenvalue weighted by atomic mass is 16.5. The second-order valence-electron chi connectivity index (χ2n) is 3.39. The molecule has 0 aliphatic rings. The van der Waals surface area contributed by atoms with Gasteiger partial charge in [0.1, 0.15) is 5.84 Å². The smallest absolute Gasteiger partial charge is 0.224 e. The molecule has 0 unspecified atom stereocenters. The van der Waals surface area contributed by atoms with Crippen LogP contribution < -0.4 is 10.5 Å². The Hall–Kier alpha value is -1.58. The summed E-state index contributed by atoms with van der Waals surface area (Å²) in [5, 5.41) is 7.42. The molecule has 0 aliphatic heterocycles. The number of nitrogen functional groups attached to an aromatic ring is 1. The molecule has 0 saturated carbocycles. The fourth-order valence-electron chi connectivity index (χ4n) is 1.17. The first-order chi connectivity index (χ1) is 6.52. The van der Waals surface area contributed by atoms with E-state index in [0.717, 1.165) is 5.56 Å². The molecule has 1 heterocycles. The Labute approximate surface area is 83.6 Å². The van der Waals surface area contributed by atoms with Crippen LogP contribution in [0, 0.1) is 12.3 Å². The van der Waals surface area contributed by atoms with Gasteiger partial charge in [-0.2, -0.15) is 0 Å². The molecule has 4 nitrogen and oxygen atoms in total. The number of nitrogens with two attached hydrogens (primary N) is 1. The van der Waals surface area contributed by atoms with E-state index in [1.165, 1.54) is 0 Å². The lowest BCUT2D eigenvalue weighted by molar-refractivity contribution is 0.232. The number of rotatable bonds is 3. The van der Waals surface area contributed by atoms with E-state index in [4.69, 9.17) is 15.9 Å². The number of hydrogen-bond donors (Lipinski definition) is 2. The van der Waals surface area contributed by atoms with Crippen LogP contribution in [0.1, 0.15) is 25.0 Å². The van der Waals surface area contributed by atoms with Crippen molar-refractivity contribution in [2.24, 2.45) is 5.73 Å². The summed E-state index contributed by atoms with van der Waals surface area (Å²) in [7, 11) is 0. The number of nitrogens with zero attached hydrogens (tertiary/aromatic N) is 1. The second-order valence-corrected chi connectivity index (χ2v) is 3.39. The van der Waals surface area contributed by atoms with Crippen LogP contribution >= 0.6 is 0 Å². The fourth-order valence-corrected chi connectivity index (χ4v) is 1.17. The minimum atomic E-state index is -0.00810. The molecule has 0 aliphatic carbocycles. The maximum Gasteiger partial charge on any atom is 0.224 e. The van der Waals surface area contributed by atoms with Crippen molar-refractivity contribution < 1.29 is 4.74 Å². The van der Waals surface area contributed by atoms with Crippen LogP contribution in [0.25, 0.3) is 0 Å². The summed E-state index contributed by atoms with van der Waals surface area (Å²) in [6, 6.07) is 1.81. The number of aryl methyl sites for hydroxylation is 1. The van der Waals surface area contributed by atoms with Crippen molar-refractivity contribution in [3.05, 3.63) is 23.4 Å². The number of nitrogens with one attached hydrogen (secondary N) is 1. The van der Waals surface area contributed by atoms with Gasteiger partial charge in [0.25, 0.3) is 0 Å². The van der Waals surface area contributed by atoms with Gasteiger partial charge in [-0.25, -0.2) is 4.98 Å². The van der Waals surface area contributed by atoms with Crippen LogP contribution in [0.4, 0.5) is 0 Å². The lowest BCUT2D eigenvalue weighted by Gasteiger charge is -2.13. The Kier molecular flexibility index (Phi) is 3.06. The van der Waals surface area contributed by atoms with Crippen LogP contribution in [-0.4, -0.2) is 16.9 Å². The minimum Gasteiger partial charge on any atom is -0.474 e. The van der Waals surface area contributed by atoms with Crippen molar-refractivity contribution in [3.8, 4) is 5.88 Å². The van der Waals surface area contributed by atoms with Gasteiger partial charge < -0.3 is 10.5 Å². The molecule has 0 spiro atoms. The normalized spacial score (nSPS) is 10.3. The summed E-state index contributed by atoms with van der Waals surface area (Å²) in [6.07, 6.45) is 1.68. The Bertz CT molecular complexity index is 347. The second kappa shape index (κ2) is 4.09. The summed E-state index contributed by atoms with van der Waals surface area (Å²) < 4.78 is 5.46. The number of hydrogen-bond acceptors (Lipinski definition) is 3. The number of pyridine rings is 1. The van der Waals surface area contributed by atoms with Gasteiger partial charge in [-0.1, -0.05) is 0 Å². The SMILES string of the molecule is Cc1ccnc(OC(C)C)c1C(=N)N. The Balaban J connectivity index is 3.14. The largest absolute Gasteiger partial charge is 0.474 e. The van der Waals surface area contributed by atoms with Gasteiger partial charge in [0.15, 0.2) is 0 Å². The molecule has 0 fully saturated rings. The first kappa shape index (κ1) is 10.5. The maximum absolute atomic E-state index is 7.42. The van der Waals surface area contributed by atoms with E-state index >= 15 is 0 Å². The Morgan fingerprint density at radius 2 is 2.21 bits per heavy atom. The standard InChI is InChI=1S/C10H15N3O/c1-6(2)14-10-8(9(11)12)7(3)4-5-13-10/h4-6H,1-3H3,(H3,11,12). The van der Waals surface area contributed by atoms with Crippen molar-refractivity contribution in [1.29, 1.82) is 5.41 Å². The van der Waals surface area contributed by atoms with Crippen LogP contribution in [0.3, 0.4) is 0 Å². The monoisotopic (exact) mass is 193 g/mol. The van der Waals surface area contributed by atoms with E-state index in [1.807, 2.05) is 26.8 Å². The third-order valence-electron chi connectivity index (χ3n) is 1.74. The van der Waals surface area contributed by atoms with Crippen LogP contribution in [-0.2, 0) is 0 Å². The number of ether oxygens (including phenoxy) is 1. The first-order valence-corrected chi connectivity index (χ1v) is 4.49. The predicted molar refractivity (Wildman–Crippen MR) is 55.8 cm³/mol. The van der Waals surface area contributed by atoms with E-state index < -0.39 is 0 Å². The maximum atomic E-state index is 7.42. The molecule has 0 aromatic carbocycles. The summed E-state index contributed by atoms with van der Waals surface area (Å²) >= 11 is 0. The summed E-state index contributed by atoms with van der Waals surface area (Å²) in [5.41, 5.74) is 6.94. The van der Waals surface area contributed by atoms with E-state index in [-0.39, 0.29) is 11.9 Å². The van der Waals surface area contributed by atoms with Crippen molar-refractivity contribution in [1.82, 2.24) is 4.98 Å². The average Bonchev–Trinajstić information content (AvgIpc) is 2.01. The minimum absolute atomic E-state index is 0.00810. The van der Waals surface area contributed by atoms with E-state index in [1.54, 1.807) is 6.20 Å². The van der Waals surface area contributed by atoms with Crippen molar-refractivity contribution in [2.75, 3.05) is 0 Å². The molecule has 14 heavy (non-hydrogen) atoms. The quantitative estimate of drug-likeness (QED) is 0.564. The third kappa shape index (κ3) is 2.22. The van der Waals surface area contributed by atoms with Gasteiger partial charge in [0.2, 0.25) is 5.88 Å². The van der Waals surface area contributed by atoms with Gasteiger partial charge in [-0.3, -0.25) is 5.41 Å². The summed E-state index contributed by atoms with van der Waals surface area (Å²) in [4.78, 5) is 4.06. The van der Waals surface area contributed by atoms with Gasteiger partial charge in [-0.05, 0) is 32.4 Å². The zero-order valence-corrected chi connectivity index (χ0v) is 8.66. The molecule has 0 bridgehead atoms. The zero-order valence-electron chi connectivity index (χ0n) is 8.66. The number of amidine groups is 1. The lowest BCUT2D eigenvalue weighted by Crippen LogP contribution is -2.17. The molecule has 1 rings (SSSR count). The van der Waals surface area contributed by atoms with Crippen molar-refractivity contribution in [2.45, 2.75) is 26.9 Å². The van der Waals surface area contributed by atoms with Gasteiger partial charge in [0, 0.05) is 6.20 Å². The Morgan fingerprint density at radius 3 is 2.71 bits per heavy atom. The number of aromatic nitrogens is 1. The fraction of sp³-hybridized carbons (Fsp3) is 0.400. The van der Waals surface area contributed by atoms with Crippen LogP contribution in [0.5, 0.6) is 5.88 Å². The zero-order chi connectivity index (χ0) is 10.7. The topological polar surface area (TPSA) is 72.0 Å².